The molecule has 13 heavy (non-hydrogen) atoms. The lowest BCUT2D eigenvalue weighted by atomic mass is 9.81. The fraction of sp³-hybridized carbons (Fsp3) is 0.818. The quantitative estimate of drug-likeness (QED) is 0.657. The largest absolute Gasteiger partial charge is 0.393 e. The first-order valence-corrected chi connectivity index (χ1v) is 5.31. The normalized spacial score (nSPS) is 35.5. The third kappa shape index (κ3) is 3.49. The molecule has 1 aliphatic rings. The third-order valence-electron chi connectivity index (χ3n) is 2.79. The van der Waals surface area contributed by atoms with Crippen LogP contribution >= 0.6 is 0 Å². The molecule has 1 aliphatic carbocycles. The molecule has 0 aromatic rings. The van der Waals surface area contributed by atoms with Gasteiger partial charge in [-0.1, -0.05) is 25.5 Å². The van der Waals surface area contributed by atoms with Gasteiger partial charge in [0.15, 0.2) is 0 Å². The molecule has 0 heterocycles. The highest BCUT2D eigenvalue weighted by molar-refractivity contribution is 5.06. The summed E-state index contributed by atoms with van der Waals surface area (Å²) in [6.45, 7) is 2.16. The molecule has 1 fully saturated rings. The van der Waals surface area contributed by atoms with Gasteiger partial charge < -0.3 is 10.8 Å². The van der Waals surface area contributed by atoms with Crippen molar-refractivity contribution in [1.82, 2.24) is 0 Å². The number of allylic oxidation sites excluding steroid dienone is 1. The summed E-state index contributed by atoms with van der Waals surface area (Å²) < 4.78 is 0. The van der Waals surface area contributed by atoms with Crippen molar-refractivity contribution < 1.29 is 5.11 Å². The summed E-state index contributed by atoms with van der Waals surface area (Å²) in [6.07, 6.45) is 10.1. The highest BCUT2D eigenvalue weighted by Gasteiger charge is 2.27. The molecule has 2 heteroatoms. The van der Waals surface area contributed by atoms with Crippen molar-refractivity contribution in [3.8, 4) is 0 Å². The Morgan fingerprint density at radius 2 is 2.08 bits per heavy atom. The Balaban J connectivity index is 2.38. The minimum absolute atomic E-state index is 0.115. The third-order valence-corrected chi connectivity index (χ3v) is 2.79. The fourth-order valence-electron chi connectivity index (χ4n) is 1.79. The molecule has 1 saturated carbocycles. The van der Waals surface area contributed by atoms with Crippen LogP contribution in [0.4, 0.5) is 0 Å². The van der Waals surface area contributed by atoms with Crippen molar-refractivity contribution in [3.05, 3.63) is 12.2 Å². The van der Waals surface area contributed by atoms with E-state index < -0.39 is 0 Å². The summed E-state index contributed by atoms with van der Waals surface area (Å²) in [6, 6.07) is 0. The summed E-state index contributed by atoms with van der Waals surface area (Å²) in [5.74, 6) is 0. The van der Waals surface area contributed by atoms with Gasteiger partial charge in [-0.2, -0.15) is 0 Å². The Morgan fingerprint density at radius 3 is 2.62 bits per heavy atom. The van der Waals surface area contributed by atoms with E-state index in [1.54, 1.807) is 0 Å². The van der Waals surface area contributed by atoms with E-state index in [0.717, 1.165) is 32.1 Å². The Labute approximate surface area is 80.8 Å². The van der Waals surface area contributed by atoms with Crippen LogP contribution in [0.3, 0.4) is 0 Å². The number of rotatable bonds is 3. The smallest absolute Gasteiger partial charge is 0.0541 e. The first kappa shape index (κ1) is 10.7. The number of hydrogen-bond donors (Lipinski definition) is 2. The van der Waals surface area contributed by atoms with Gasteiger partial charge in [0.25, 0.3) is 0 Å². The van der Waals surface area contributed by atoms with Crippen molar-refractivity contribution in [2.75, 3.05) is 0 Å². The molecule has 0 aromatic carbocycles. The van der Waals surface area contributed by atoms with Crippen LogP contribution in [0.25, 0.3) is 0 Å². The summed E-state index contributed by atoms with van der Waals surface area (Å²) in [5, 5.41) is 9.33. The fourth-order valence-corrected chi connectivity index (χ4v) is 1.79. The van der Waals surface area contributed by atoms with Crippen LogP contribution in [0.15, 0.2) is 12.2 Å². The first-order valence-electron chi connectivity index (χ1n) is 5.31. The summed E-state index contributed by atoms with van der Waals surface area (Å²) in [4.78, 5) is 0. The van der Waals surface area contributed by atoms with Gasteiger partial charge in [-0.15, -0.1) is 0 Å². The average Bonchev–Trinajstić information content (AvgIpc) is 2.12. The maximum Gasteiger partial charge on any atom is 0.0541 e. The molecule has 0 radical (unpaired) electrons. The Hall–Kier alpha value is -0.340. The molecule has 0 unspecified atom stereocenters. The van der Waals surface area contributed by atoms with E-state index in [2.05, 4.69) is 19.1 Å². The molecular weight excluding hydrogens is 162 g/mol. The predicted molar refractivity (Wildman–Crippen MR) is 55.4 cm³/mol. The van der Waals surface area contributed by atoms with Crippen molar-refractivity contribution in [2.45, 2.75) is 57.1 Å². The molecule has 0 spiro atoms. The minimum atomic E-state index is -0.131. The topological polar surface area (TPSA) is 46.2 Å². The van der Waals surface area contributed by atoms with Crippen LogP contribution in [0, 0.1) is 0 Å². The van der Waals surface area contributed by atoms with E-state index in [1.165, 1.54) is 6.42 Å². The van der Waals surface area contributed by atoms with Gasteiger partial charge >= 0.3 is 0 Å². The lowest BCUT2D eigenvalue weighted by molar-refractivity contribution is 0.109. The minimum Gasteiger partial charge on any atom is -0.393 e. The van der Waals surface area contributed by atoms with E-state index in [-0.39, 0.29) is 11.6 Å². The zero-order valence-electron chi connectivity index (χ0n) is 8.50. The molecule has 1 rings (SSSR count). The van der Waals surface area contributed by atoms with Crippen LogP contribution in [-0.2, 0) is 0 Å². The highest BCUT2D eigenvalue weighted by atomic mass is 16.3. The standard InChI is InChI=1S/C11H21NO/c1-2-3-4-7-11(12)8-5-10(13)6-9-11/h4,7,10,13H,2-3,5-6,8-9,12H2,1H3/b7-4+. The van der Waals surface area contributed by atoms with Gasteiger partial charge in [-0.05, 0) is 32.1 Å². The van der Waals surface area contributed by atoms with E-state index >= 15 is 0 Å². The van der Waals surface area contributed by atoms with Crippen molar-refractivity contribution >= 4 is 0 Å². The Kier molecular flexibility index (Phi) is 3.94. The number of unbranched alkanes of at least 4 members (excludes halogenated alkanes) is 1. The molecule has 2 nitrogen and oxygen atoms in total. The number of hydrogen-bond acceptors (Lipinski definition) is 2. The molecule has 0 bridgehead atoms. The van der Waals surface area contributed by atoms with Crippen LogP contribution in [0.5, 0.6) is 0 Å². The van der Waals surface area contributed by atoms with Gasteiger partial charge in [0, 0.05) is 5.54 Å². The molecular formula is C11H21NO. The average molecular weight is 183 g/mol. The molecule has 0 amide bonds. The Morgan fingerprint density at radius 1 is 1.46 bits per heavy atom. The summed E-state index contributed by atoms with van der Waals surface area (Å²) in [7, 11) is 0. The highest BCUT2D eigenvalue weighted by Crippen LogP contribution is 2.27. The second kappa shape index (κ2) is 4.77. The van der Waals surface area contributed by atoms with Gasteiger partial charge in [0.2, 0.25) is 0 Å². The molecule has 3 N–H and O–H groups in total. The molecule has 0 aliphatic heterocycles. The zero-order chi connectivity index (χ0) is 9.73. The number of aliphatic hydroxyl groups is 1. The maximum absolute atomic E-state index is 9.33. The van der Waals surface area contributed by atoms with Gasteiger partial charge in [0.1, 0.15) is 0 Å². The number of nitrogens with two attached hydrogens (primary N) is 1. The van der Waals surface area contributed by atoms with Crippen LogP contribution in [0.1, 0.15) is 45.4 Å². The summed E-state index contributed by atoms with van der Waals surface area (Å²) in [5.41, 5.74) is 6.03. The van der Waals surface area contributed by atoms with Crippen molar-refractivity contribution in [1.29, 1.82) is 0 Å². The maximum atomic E-state index is 9.33. The second-order valence-electron chi connectivity index (χ2n) is 4.16. The summed E-state index contributed by atoms with van der Waals surface area (Å²) >= 11 is 0. The van der Waals surface area contributed by atoms with Gasteiger partial charge in [-0.3, -0.25) is 0 Å². The van der Waals surface area contributed by atoms with Gasteiger partial charge in [-0.25, -0.2) is 0 Å². The van der Waals surface area contributed by atoms with Crippen LogP contribution in [0.2, 0.25) is 0 Å². The lowest BCUT2D eigenvalue weighted by Gasteiger charge is -2.32. The lowest BCUT2D eigenvalue weighted by Crippen LogP contribution is -2.42. The molecule has 0 atom stereocenters. The molecule has 0 saturated heterocycles. The molecule has 76 valence electrons. The SMILES string of the molecule is CCC/C=C/C1(N)CCC(O)CC1. The monoisotopic (exact) mass is 183 g/mol. The predicted octanol–water partition coefficient (Wildman–Crippen LogP) is 1.98. The molecule has 0 aromatic heterocycles. The van der Waals surface area contributed by atoms with Crippen LogP contribution in [-0.4, -0.2) is 16.7 Å². The van der Waals surface area contributed by atoms with Crippen molar-refractivity contribution in [2.24, 2.45) is 5.73 Å². The Bertz CT molecular complexity index is 169. The zero-order valence-corrected chi connectivity index (χ0v) is 8.50. The van der Waals surface area contributed by atoms with E-state index in [1.807, 2.05) is 0 Å². The van der Waals surface area contributed by atoms with Gasteiger partial charge in [0.05, 0.1) is 6.10 Å². The number of aliphatic hydroxyl groups excluding tert-OH is 1. The van der Waals surface area contributed by atoms with Crippen molar-refractivity contribution in [3.63, 3.8) is 0 Å². The first-order chi connectivity index (χ1) is 6.16. The van der Waals surface area contributed by atoms with E-state index in [4.69, 9.17) is 5.73 Å². The second-order valence-corrected chi connectivity index (χ2v) is 4.16. The van der Waals surface area contributed by atoms with E-state index in [9.17, 15) is 5.11 Å². The van der Waals surface area contributed by atoms with E-state index in [0.29, 0.717) is 0 Å². The van der Waals surface area contributed by atoms with Crippen LogP contribution < -0.4 is 5.73 Å².